The van der Waals surface area contributed by atoms with Crippen molar-refractivity contribution in [3.63, 3.8) is 0 Å². The summed E-state index contributed by atoms with van der Waals surface area (Å²) in [6, 6.07) is 57.4. The molecule has 0 fully saturated rings. The Morgan fingerprint density at radius 2 is 1.32 bits per heavy atom. The van der Waals surface area contributed by atoms with E-state index in [9.17, 15) is 35.8 Å². The van der Waals surface area contributed by atoms with E-state index < -0.39 is 36.7 Å². The number of anilines is 3. The zero-order valence-electron chi connectivity index (χ0n) is 53.1. The number of allylic oxidation sites excluding steroid dienone is 7. The Morgan fingerprint density at radius 1 is 0.720 bits per heavy atom. The molecule has 1 aliphatic carbocycles. The fraction of sp³-hybridized carbons (Fsp3) is 0.200. The highest BCUT2D eigenvalue weighted by atomic mass is 35.5. The van der Waals surface area contributed by atoms with Gasteiger partial charge in [0.05, 0.1) is 41.0 Å². The van der Waals surface area contributed by atoms with E-state index in [1.54, 1.807) is 42.5 Å². The summed E-state index contributed by atoms with van der Waals surface area (Å²) < 4.78 is 77.0. The molecule has 3 aliphatic rings. The minimum Gasteiger partial charge on any atom is -0.744 e. The number of ketones is 1. The smallest absolute Gasteiger partial charge is 0.426 e. The maximum atomic E-state index is 12.2. The van der Waals surface area contributed by atoms with Crippen LogP contribution in [-0.2, 0) is 31.1 Å². The first kappa shape index (κ1) is 67.7. The van der Waals surface area contributed by atoms with Crippen LogP contribution in [0.4, 0.5) is 28.4 Å². The van der Waals surface area contributed by atoms with Gasteiger partial charge in [0.15, 0.2) is 16.5 Å². The number of aryl methyl sites for hydroxylation is 1. The molecule has 0 bridgehead atoms. The van der Waals surface area contributed by atoms with Crippen LogP contribution in [0.2, 0.25) is 0 Å². The molecule has 2 heterocycles. The number of hydrogen-bond donors (Lipinski definition) is 2. The molecule has 9 aromatic carbocycles. The minimum atomic E-state index is -4.84. The van der Waals surface area contributed by atoms with Gasteiger partial charge >= 0.3 is 5.69 Å². The molecule has 93 heavy (non-hydrogen) atoms. The van der Waals surface area contributed by atoms with Gasteiger partial charge in [-0.05, 0) is 127 Å². The minimum absolute atomic E-state index is 0.0136. The molecule has 12 rings (SSSR count). The molecule has 0 aromatic heterocycles. The van der Waals surface area contributed by atoms with Gasteiger partial charge in [0.1, 0.15) is 38.8 Å². The average molecular weight is 1300 g/mol. The summed E-state index contributed by atoms with van der Waals surface area (Å²) >= 11 is 7.12. The number of carbonyl (C=O) groups excluding carboxylic acids is 1. The molecule has 1 unspecified atom stereocenters. The highest BCUT2D eigenvalue weighted by Crippen LogP contribution is 2.49. The molecule has 0 amide bonds. The van der Waals surface area contributed by atoms with Crippen molar-refractivity contribution in [1.29, 1.82) is 5.39 Å². The molecular formula is C75H72ClN5O10S2. The lowest BCUT2D eigenvalue weighted by atomic mass is 9.78. The topological polar surface area (TPSA) is 217 Å². The standard InChI is InChI=1S/C41H42ClN2.C14H12O6S.C13H12N3O.C7H8O3S/c1-40(2)35(43(5)33-24-21-27-13-7-9-18-31(27)37(33)40)20-12-17-29-15-11-16-30(39(29)42)23-26-36-41(3,4)38-32-19-10-8-14-28(32)22-25-34(38)44(36)6;1-20-12-8-11(15)10(7-13(12)21(17,18)19)14(16)9-5-3-2-4-6-9;1-17-13-9-11(7-8-12(13)16-14)15-10-5-3-2-4-6-10;1-6-2-4-7(5-3-6)11(8,9)10/h7-10,12-14,17-26,35H,11,15-16H2,1-6H3;2-8,15H,1H3,(H,17,18,19);2-9,15H,1H3;2-5H,1H3,(H,8,9,10)/q+1;;+1;/p-2/b20-12+,26-23+,29-17+;;;. The largest absolute Gasteiger partial charge is 0.744 e. The molecule has 0 spiro atoms. The van der Waals surface area contributed by atoms with Gasteiger partial charge in [0.2, 0.25) is 16.8 Å². The predicted molar refractivity (Wildman–Crippen MR) is 369 cm³/mol. The number of phenolic OH excluding ortho intramolecular Hbond substituents is 1. The van der Waals surface area contributed by atoms with Crippen molar-refractivity contribution in [2.24, 2.45) is 0 Å². The normalized spacial score (nSPS) is 16.0. The molecule has 1 atom stereocenters. The number of halogens is 1. The fourth-order valence-corrected chi connectivity index (χ4v) is 13.7. The van der Waals surface area contributed by atoms with E-state index in [1.165, 1.54) is 92.3 Å². The summed E-state index contributed by atoms with van der Waals surface area (Å²) in [5.41, 5.74) is 12.3. The summed E-state index contributed by atoms with van der Waals surface area (Å²) in [5, 5.41) is 28.0. The van der Waals surface area contributed by atoms with E-state index in [1.807, 2.05) is 43.3 Å². The summed E-state index contributed by atoms with van der Waals surface area (Å²) in [7, 11) is -2.00. The first-order valence-electron chi connectivity index (χ1n) is 30.0. The number of para-hydroxylation sites is 1. The predicted octanol–water partition coefficient (Wildman–Crippen LogP) is 16.9. The number of nitrogens with zero attached hydrogens (tertiary/aromatic N) is 4. The Bertz CT molecular complexity index is 4750. The van der Waals surface area contributed by atoms with Crippen molar-refractivity contribution in [3.05, 3.63) is 267 Å². The van der Waals surface area contributed by atoms with Crippen molar-refractivity contribution in [2.45, 2.75) is 80.5 Å². The van der Waals surface area contributed by atoms with Crippen LogP contribution < -0.4 is 19.7 Å². The van der Waals surface area contributed by atoms with Crippen LogP contribution in [0.3, 0.4) is 0 Å². The van der Waals surface area contributed by atoms with Crippen LogP contribution >= 0.6 is 11.6 Å². The Hall–Kier alpha value is -9.67. The molecule has 18 heteroatoms. The number of ether oxygens (including phenoxy) is 2. The number of fused-ring (bicyclic) bond motifs is 6. The van der Waals surface area contributed by atoms with E-state index in [0.717, 1.165) is 60.5 Å². The van der Waals surface area contributed by atoms with Crippen molar-refractivity contribution >= 4 is 93.3 Å². The number of benzene rings is 9. The van der Waals surface area contributed by atoms with Crippen LogP contribution in [0.1, 0.15) is 79.6 Å². The van der Waals surface area contributed by atoms with Crippen molar-refractivity contribution < 1.29 is 49.9 Å². The van der Waals surface area contributed by atoms with Gasteiger partial charge in [-0.3, -0.25) is 4.79 Å². The lowest BCUT2D eigenvalue weighted by Crippen LogP contribution is -2.37. The maximum Gasteiger partial charge on any atom is 0.426 e. The van der Waals surface area contributed by atoms with Crippen LogP contribution in [-0.4, -0.2) is 81.5 Å². The summed E-state index contributed by atoms with van der Waals surface area (Å²) in [5.74, 6) is -0.853. The van der Waals surface area contributed by atoms with Crippen LogP contribution in [0.5, 0.6) is 17.2 Å². The Morgan fingerprint density at radius 3 is 1.94 bits per heavy atom. The Kier molecular flexibility index (Phi) is 20.7. The summed E-state index contributed by atoms with van der Waals surface area (Å²) in [4.78, 5) is 16.9. The molecule has 0 saturated heterocycles. The third-order valence-corrected chi connectivity index (χ3v) is 19.2. The lowest BCUT2D eigenvalue weighted by Gasteiger charge is -2.30. The average Bonchev–Trinajstić information content (AvgIpc) is 1.59. The second-order valence-electron chi connectivity index (χ2n) is 23.7. The van der Waals surface area contributed by atoms with Gasteiger partial charge in [0, 0.05) is 76.0 Å². The van der Waals surface area contributed by atoms with Crippen LogP contribution in [0.15, 0.2) is 244 Å². The molecule has 2 aliphatic heterocycles. The number of rotatable bonds is 12. The monoisotopic (exact) mass is 1300 g/mol. The van der Waals surface area contributed by atoms with Crippen molar-refractivity contribution in [2.75, 3.05) is 38.5 Å². The SMILES string of the molecule is CN1c2ccc3ccccc3c2C(C)(C)C1/C=C/C=C1\CCCC(/C=C/C2=[N+](C)c3ccc4ccccc4c3C2(C)C)=C1Cl.COc1cc(Nc2ccccc2)ccc1[N+]#N.COc1cc(O)c(C(=O)c2ccccc2)cc1S(=O)(=O)[O-].Cc1ccc(S(=O)(=O)[O-])cc1. The van der Waals surface area contributed by atoms with E-state index in [4.69, 9.17) is 26.5 Å². The highest BCUT2D eigenvalue weighted by Gasteiger charge is 2.45. The van der Waals surface area contributed by atoms with Gasteiger partial charge in [0.25, 0.3) is 0 Å². The molecule has 0 radical (unpaired) electrons. The van der Waals surface area contributed by atoms with Gasteiger partial charge in [-0.2, -0.15) is 4.58 Å². The molecule has 15 nitrogen and oxygen atoms in total. The number of hydrogen-bond acceptors (Lipinski definition) is 13. The number of diazo groups is 1. The summed E-state index contributed by atoms with van der Waals surface area (Å²) in [6.07, 6.45) is 14.6. The Labute approximate surface area is 549 Å². The van der Waals surface area contributed by atoms with Crippen molar-refractivity contribution in [1.82, 2.24) is 0 Å². The molecule has 0 saturated carbocycles. The number of phenols is 1. The Balaban J connectivity index is 0.000000171. The number of aromatic hydroxyl groups is 1. The van der Waals surface area contributed by atoms with Gasteiger partial charge < -0.3 is 33.9 Å². The van der Waals surface area contributed by atoms with Crippen molar-refractivity contribution in [3.8, 4) is 17.2 Å². The highest BCUT2D eigenvalue weighted by molar-refractivity contribution is 7.86. The molecule has 2 N–H and O–H groups in total. The van der Waals surface area contributed by atoms with E-state index >= 15 is 0 Å². The van der Waals surface area contributed by atoms with Gasteiger partial charge in [-0.1, -0.05) is 171 Å². The third kappa shape index (κ3) is 15.0. The molecule has 9 aromatic rings. The number of carbonyl (C=O) groups is 1. The zero-order chi connectivity index (χ0) is 67.0. The quantitative estimate of drug-likeness (QED) is 0.0504. The van der Waals surface area contributed by atoms with Gasteiger partial charge in [-0.15, -0.1) is 0 Å². The number of likely N-dealkylation sites (N-methyl/N-ethyl adjacent to an activating group) is 1. The third-order valence-electron chi connectivity index (χ3n) is 17.0. The van der Waals surface area contributed by atoms with Crippen LogP contribution in [0.25, 0.3) is 26.5 Å². The van der Waals surface area contributed by atoms with Gasteiger partial charge in [-0.25, -0.2) is 16.8 Å². The molecular weight excluding hydrogens is 1230 g/mol. The first-order chi connectivity index (χ1) is 44.3. The van der Waals surface area contributed by atoms with E-state index in [0.29, 0.717) is 11.4 Å². The van der Waals surface area contributed by atoms with E-state index in [-0.39, 0.29) is 38.6 Å². The maximum absolute atomic E-state index is 12.2. The van der Waals surface area contributed by atoms with E-state index in [2.05, 4.69) is 165 Å². The first-order valence-corrected chi connectivity index (χ1v) is 33.1. The second-order valence-corrected chi connectivity index (χ2v) is 26.8. The zero-order valence-corrected chi connectivity index (χ0v) is 55.5. The molecule has 476 valence electrons. The fourth-order valence-electron chi connectivity index (χ4n) is 12.3. The van der Waals surface area contributed by atoms with Crippen LogP contribution in [0, 0.1) is 12.3 Å². The number of nitrogens with one attached hydrogen (secondary N) is 1. The second kappa shape index (κ2) is 28.5. The summed E-state index contributed by atoms with van der Waals surface area (Å²) in [6.45, 7) is 11.3. The lowest BCUT2D eigenvalue weighted by molar-refractivity contribution is -0.401. The number of methoxy groups -OCH3 is 2.